The fraction of sp³-hybridized carbons (Fsp3) is 0.548. The van der Waals surface area contributed by atoms with Crippen LogP contribution in [0.25, 0.3) is 0 Å². The summed E-state index contributed by atoms with van der Waals surface area (Å²) < 4.78 is 0. The van der Waals surface area contributed by atoms with Gasteiger partial charge in [-0.05, 0) is 62.9 Å². The van der Waals surface area contributed by atoms with Gasteiger partial charge >= 0.3 is 0 Å². The van der Waals surface area contributed by atoms with Crippen LogP contribution < -0.4 is 0 Å². The first kappa shape index (κ1) is 29.1. The SMILES string of the molecule is C#CCCCCCC#CCCCC#CCCCC#CC#CCCCCCC=CC(O)C#C. The van der Waals surface area contributed by atoms with Crippen molar-refractivity contribution in [3.63, 3.8) is 0 Å². The van der Waals surface area contributed by atoms with Crippen molar-refractivity contribution in [1.29, 1.82) is 0 Å². The summed E-state index contributed by atoms with van der Waals surface area (Å²) in [7, 11) is 0. The molecule has 0 aromatic carbocycles. The van der Waals surface area contributed by atoms with Gasteiger partial charge in [0.15, 0.2) is 0 Å². The molecule has 0 aromatic rings. The lowest BCUT2D eigenvalue weighted by Gasteiger charge is -1.95. The molecule has 0 rings (SSSR count). The monoisotopic (exact) mass is 426 g/mol. The maximum absolute atomic E-state index is 9.18. The lowest BCUT2D eigenvalue weighted by atomic mass is 10.1. The van der Waals surface area contributed by atoms with Crippen LogP contribution >= 0.6 is 0 Å². The van der Waals surface area contributed by atoms with E-state index in [2.05, 4.69) is 59.2 Å². The first-order valence-corrected chi connectivity index (χ1v) is 11.9. The molecule has 0 fully saturated rings. The van der Waals surface area contributed by atoms with Crippen molar-refractivity contribution < 1.29 is 5.11 Å². The van der Waals surface area contributed by atoms with Crippen molar-refractivity contribution in [2.45, 2.75) is 109 Å². The Kier molecular flexibility index (Phi) is 23.7. The molecule has 32 heavy (non-hydrogen) atoms. The molecule has 0 radical (unpaired) electrons. The van der Waals surface area contributed by atoms with Gasteiger partial charge in [-0.15, -0.1) is 42.4 Å². The molecule has 0 bridgehead atoms. The van der Waals surface area contributed by atoms with Crippen LogP contribution in [0.2, 0.25) is 0 Å². The topological polar surface area (TPSA) is 20.2 Å². The van der Waals surface area contributed by atoms with Gasteiger partial charge in [-0.2, -0.15) is 0 Å². The van der Waals surface area contributed by atoms with Gasteiger partial charge in [-0.3, -0.25) is 0 Å². The first-order chi connectivity index (χ1) is 15.8. The van der Waals surface area contributed by atoms with Crippen LogP contribution in [0.4, 0.5) is 0 Å². The lowest BCUT2D eigenvalue weighted by molar-refractivity contribution is 0.280. The molecule has 0 saturated carbocycles. The molecule has 0 aliphatic carbocycles. The zero-order valence-corrected chi connectivity index (χ0v) is 19.6. The van der Waals surface area contributed by atoms with Crippen LogP contribution in [0.3, 0.4) is 0 Å². The van der Waals surface area contributed by atoms with Gasteiger partial charge < -0.3 is 5.11 Å². The van der Waals surface area contributed by atoms with Crippen molar-refractivity contribution >= 4 is 0 Å². The summed E-state index contributed by atoms with van der Waals surface area (Å²) in [6.45, 7) is 0. The van der Waals surface area contributed by atoms with E-state index in [1.54, 1.807) is 6.08 Å². The number of allylic oxidation sites excluding steroid dienone is 1. The van der Waals surface area contributed by atoms with E-state index in [0.717, 1.165) is 96.3 Å². The number of terminal acetylenes is 2. The van der Waals surface area contributed by atoms with E-state index in [1.165, 1.54) is 6.42 Å². The highest BCUT2D eigenvalue weighted by Gasteiger charge is 1.89. The van der Waals surface area contributed by atoms with Gasteiger partial charge in [0, 0.05) is 44.9 Å². The summed E-state index contributed by atoms with van der Waals surface area (Å²) in [6, 6.07) is 0. The summed E-state index contributed by atoms with van der Waals surface area (Å²) in [4.78, 5) is 0. The van der Waals surface area contributed by atoms with Crippen LogP contribution in [-0.4, -0.2) is 11.2 Å². The number of unbranched alkanes of at least 4 members (excludes halogenated alkanes) is 12. The highest BCUT2D eigenvalue weighted by Crippen LogP contribution is 2.03. The fourth-order valence-corrected chi connectivity index (χ4v) is 2.65. The van der Waals surface area contributed by atoms with Crippen LogP contribution in [0.15, 0.2) is 12.2 Å². The Morgan fingerprint density at radius 1 is 0.562 bits per heavy atom. The average Bonchev–Trinajstić information content (AvgIpc) is 2.81. The van der Waals surface area contributed by atoms with Gasteiger partial charge in [0.2, 0.25) is 0 Å². The first-order valence-electron chi connectivity index (χ1n) is 11.9. The van der Waals surface area contributed by atoms with Crippen LogP contribution in [0.5, 0.6) is 0 Å². The second kappa shape index (κ2) is 26.1. The molecule has 0 aromatic heterocycles. The zero-order chi connectivity index (χ0) is 23.4. The van der Waals surface area contributed by atoms with Crippen molar-refractivity contribution in [3.05, 3.63) is 12.2 Å². The standard InChI is InChI=1S/C31H38O/c1-3-5-6-7-8-9-10-11-12-13-14-15-16-17-18-19-20-21-22-23-24-25-26-27-28-29-30-31(32)4-2/h1-2,29-32H,5-9,12-14,17-19,24-28H2. The number of rotatable bonds is 14. The van der Waals surface area contributed by atoms with E-state index in [0.29, 0.717) is 0 Å². The third-order valence-electron chi connectivity index (χ3n) is 4.48. The number of aliphatic hydroxyl groups excluding tert-OH is 1. The lowest BCUT2D eigenvalue weighted by Crippen LogP contribution is -1.95. The van der Waals surface area contributed by atoms with E-state index in [-0.39, 0.29) is 0 Å². The molecule has 1 unspecified atom stereocenters. The maximum atomic E-state index is 9.18. The molecule has 1 heteroatoms. The second-order valence-electron chi connectivity index (χ2n) is 7.42. The van der Waals surface area contributed by atoms with E-state index < -0.39 is 6.10 Å². The fourth-order valence-electron chi connectivity index (χ4n) is 2.65. The average molecular weight is 427 g/mol. The molecule has 0 aliphatic rings. The zero-order valence-electron chi connectivity index (χ0n) is 19.6. The number of hydrogen-bond acceptors (Lipinski definition) is 1. The molecule has 0 aliphatic heterocycles. The Balaban J connectivity index is 3.49. The normalized spacial score (nSPS) is 10.1. The predicted octanol–water partition coefficient (Wildman–Crippen LogP) is 6.43. The molecular weight excluding hydrogens is 388 g/mol. The van der Waals surface area contributed by atoms with Gasteiger partial charge in [-0.1, -0.05) is 36.7 Å². The molecule has 1 N–H and O–H groups in total. The molecule has 1 nitrogen and oxygen atoms in total. The van der Waals surface area contributed by atoms with Crippen molar-refractivity contribution in [1.82, 2.24) is 0 Å². The maximum Gasteiger partial charge on any atom is 0.133 e. The molecule has 0 spiro atoms. The highest BCUT2D eigenvalue weighted by atomic mass is 16.3. The Hall–Kier alpha value is -2.94. The molecule has 0 heterocycles. The smallest absolute Gasteiger partial charge is 0.133 e. The summed E-state index contributed by atoms with van der Waals surface area (Å²) >= 11 is 0. The molecule has 168 valence electrons. The molecular formula is C31H38O. The van der Waals surface area contributed by atoms with Crippen LogP contribution in [-0.2, 0) is 0 Å². The minimum Gasteiger partial charge on any atom is -0.377 e. The van der Waals surface area contributed by atoms with Crippen molar-refractivity contribution in [2.24, 2.45) is 0 Å². The number of aliphatic hydroxyl groups is 1. The Morgan fingerprint density at radius 3 is 1.59 bits per heavy atom. The van der Waals surface area contributed by atoms with Crippen molar-refractivity contribution in [3.8, 4) is 72.1 Å². The Morgan fingerprint density at radius 2 is 1.03 bits per heavy atom. The summed E-state index contributed by atoms with van der Waals surface area (Å²) in [5, 5.41) is 9.18. The second-order valence-corrected chi connectivity index (χ2v) is 7.42. The van der Waals surface area contributed by atoms with Gasteiger partial charge in [0.1, 0.15) is 6.10 Å². The summed E-state index contributed by atoms with van der Waals surface area (Å²) in [5.41, 5.74) is 0. The Labute approximate surface area is 198 Å². The predicted molar refractivity (Wildman–Crippen MR) is 138 cm³/mol. The molecule has 0 saturated heterocycles. The van der Waals surface area contributed by atoms with Crippen molar-refractivity contribution in [2.75, 3.05) is 0 Å². The molecule has 1 atom stereocenters. The van der Waals surface area contributed by atoms with E-state index >= 15 is 0 Å². The Bertz CT molecular complexity index is 815. The van der Waals surface area contributed by atoms with Gasteiger partial charge in [-0.25, -0.2) is 0 Å². The summed E-state index contributed by atoms with van der Waals surface area (Å²) in [5.74, 6) is 29.9. The quantitative estimate of drug-likeness (QED) is 0.193. The minimum absolute atomic E-state index is 0.757. The largest absolute Gasteiger partial charge is 0.377 e. The van der Waals surface area contributed by atoms with E-state index in [9.17, 15) is 5.11 Å². The third-order valence-corrected chi connectivity index (χ3v) is 4.48. The molecule has 0 amide bonds. The van der Waals surface area contributed by atoms with E-state index in [1.807, 2.05) is 6.08 Å². The highest BCUT2D eigenvalue weighted by molar-refractivity contribution is 5.25. The minimum atomic E-state index is -0.757. The summed E-state index contributed by atoms with van der Waals surface area (Å²) in [6.07, 6.45) is 29.3. The van der Waals surface area contributed by atoms with Gasteiger partial charge in [0.25, 0.3) is 0 Å². The van der Waals surface area contributed by atoms with Crippen LogP contribution in [0, 0.1) is 72.1 Å². The van der Waals surface area contributed by atoms with E-state index in [4.69, 9.17) is 12.8 Å². The number of hydrogen-bond donors (Lipinski definition) is 1. The van der Waals surface area contributed by atoms with Gasteiger partial charge in [0.05, 0.1) is 0 Å². The van der Waals surface area contributed by atoms with Crippen LogP contribution in [0.1, 0.15) is 103 Å². The third kappa shape index (κ3) is 25.1.